The summed E-state index contributed by atoms with van der Waals surface area (Å²) in [5.41, 5.74) is 1.42. The fourth-order valence-electron chi connectivity index (χ4n) is 2.68. The lowest BCUT2D eigenvalue weighted by Gasteiger charge is -2.15. The predicted molar refractivity (Wildman–Crippen MR) is 102 cm³/mol. The van der Waals surface area contributed by atoms with Crippen molar-refractivity contribution in [1.82, 2.24) is 5.32 Å². The maximum atomic E-state index is 12.4. The van der Waals surface area contributed by atoms with Crippen molar-refractivity contribution in [3.8, 4) is 17.2 Å². The Bertz CT molecular complexity index is 712. The highest BCUT2D eigenvalue weighted by molar-refractivity contribution is 5.94. The second-order valence-electron chi connectivity index (χ2n) is 6.15. The average molecular weight is 357 g/mol. The molecule has 1 atom stereocenters. The lowest BCUT2D eigenvalue weighted by Crippen LogP contribution is -2.32. The van der Waals surface area contributed by atoms with Gasteiger partial charge in [-0.05, 0) is 55.8 Å². The average Bonchev–Trinajstić information content (AvgIpc) is 2.66. The topological polar surface area (TPSA) is 56.8 Å². The second kappa shape index (κ2) is 9.70. The Kier molecular flexibility index (Phi) is 7.33. The molecule has 0 aromatic heterocycles. The van der Waals surface area contributed by atoms with E-state index in [0.717, 1.165) is 29.9 Å². The number of carbonyl (C=O) groups is 1. The highest BCUT2D eigenvalue weighted by atomic mass is 16.5. The lowest BCUT2D eigenvalue weighted by atomic mass is 10.1. The second-order valence-corrected chi connectivity index (χ2v) is 6.15. The molecule has 2 rings (SSSR count). The standard InChI is InChI=1S/C21H27NO4/c1-5-6-15(2)22-21(23)16-7-12-20(25-4)17(13-16)14-26-19-10-8-18(24-3)9-11-19/h7-13,15H,5-6,14H2,1-4H3,(H,22,23)/t15-/m0/s1. The van der Waals surface area contributed by atoms with Crippen molar-refractivity contribution in [3.63, 3.8) is 0 Å². The Balaban J connectivity index is 2.09. The molecule has 0 fully saturated rings. The summed E-state index contributed by atoms with van der Waals surface area (Å²) in [6.07, 6.45) is 1.99. The summed E-state index contributed by atoms with van der Waals surface area (Å²) < 4.78 is 16.4. The number of rotatable bonds is 9. The molecule has 1 amide bonds. The molecule has 0 aliphatic carbocycles. The largest absolute Gasteiger partial charge is 0.497 e. The Hall–Kier alpha value is -2.69. The molecule has 140 valence electrons. The van der Waals surface area contributed by atoms with Gasteiger partial charge in [-0.1, -0.05) is 13.3 Å². The van der Waals surface area contributed by atoms with Crippen molar-refractivity contribution < 1.29 is 19.0 Å². The minimum absolute atomic E-state index is 0.0840. The van der Waals surface area contributed by atoms with Crippen LogP contribution in [0.25, 0.3) is 0 Å². The molecule has 0 heterocycles. The van der Waals surface area contributed by atoms with Crippen LogP contribution in [0.5, 0.6) is 17.2 Å². The quantitative estimate of drug-likeness (QED) is 0.731. The van der Waals surface area contributed by atoms with Gasteiger partial charge in [0.15, 0.2) is 0 Å². The molecule has 0 aliphatic rings. The Morgan fingerprint density at radius 2 is 1.73 bits per heavy atom. The molecular formula is C21H27NO4. The van der Waals surface area contributed by atoms with Gasteiger partial charge in [0.25, 0.3) is 5.91 Å². The zero-order valence-electron chi connectivity index (χ0n) is 15.9. The molecule has 0 saturated heterocycles. The first-order valence-electron chi connectivity index (χ1n) is 8.82. The van der Waals surface area contributed by atoms with Gasteiger partial charge in [0.1, 0.15) is 23.9 Å². The van der Waals surface area contributed by atoms with Crippen molar-refractivity contribution >= 4 is 5.91 Å². The third-order valence-corrected chi connectivity index (χ3v) is 4.10. The number of methoxy groups -OCH3 is 2. The summed E-state index contributed by atoms with van der Waals surface area (Å²) in [4.78, 5) is 12.4. The number of carbonyl (C=O) groups excluding carboxylic acids is 1. The van der Waals surface area contributed by atoms with Gasteiger partial charge in [-0.25, -0.2) is 0 Å². The fourth-order valence-corrected chi connectivity index (χ4v) is 2.68. The van der Waals surface area contributed by atoms with Gasteiger partial charge in [-0.15, -0.1) is 0 Å². The van der Waals surface area contributed by atoms with Crippen LogP contribution in [0.2, 0.25) is 0 Å². The number of hydrogen-bond donors (Lipinski definition) is 1. The van der Waals surface area contributed by atoms with Gasteiger partial charge >= 0.3 is 0 Å². The van der Waals surface area contributed by atoms with Crippen molar-refractivity contribution in [2.75, 3.05) is 14.2 Å². The van der Waals surface area contributed by atoms with Crippen molar-refractivity contribution in [3.05, 3.63) is 53.6 Å². The molecule has 0 saturated carbocycles. The van der Waals surface area contributed by atoms with Gasteiger partial charge in [0.2, 0.25) is 0 Å². The maximum Gasteiger partial charge on any atom is 0.251 e. The van der Waals surface area contributed by atoms with Crippen LogP contribution < -0.4 is 19.5 Å². The molecule has 0 spiro atoms. The van der Waals surface area contributed by atoms with Gasteiger partial charge in [-0.3, -0.25) is 4.79 Å². The van der Waals surface area contributed by atoms with Crippen molar-refractivity contribution in [1.29, 1.82) is 0 Å². The smallest absolute Gasteiger partial charge is 0.251 e. The van der Waals surface area contributed by atoms with E-state index in [0.29, 0.717) is 17.9 Å². The highest BCUT2D eigenvalue weighted by Crippen LogP contribution is 2.23. The summed E-state index contributed by atoms with van der Waals surface area (Å²) in [5, 5.41) is 3.01. The lowest BCUT2D eigenvalue weighted by molar-refractivity contribution is 0.0938. The molecule has 0 radical (unpaired) electrons. The summed E-state index contributed by atoms with van der Waals surface area (Å²) >= 11 is 0. The molecule has 5 heteroatoms. The molecular weight excluding hydrogens is 330 g/mol. The van der Waals surface area contributed by atoms with E-state index in [1.165, 1.54) is 0 Å². The normalized spacial score (nSPS) is 11.5. The van der Waals surface area contributed by atoms with Crippen LogP contribution in [0.15, 0.2) is 42.5 Å². The molecule has 0 unspecified atom stereocenters. The van der Waals surface area contributed by atoms with E-state index < -0.39 is 0 Å². The van der Waals surface area contributed by atoms with Crippen LogP contribution in [-0.4, -0.2) is 26.2 Å². The first-order chi connectivity index (χ1) is 12.6. The number of ether oxygens (including phenoxy) is 3. The fraction of sp³-hybridized carbons (Fsp3) is 0.381. The number of nitrogens with one attached hydrogen (secondary N) is 1. The van der Waals surface area contributed by atoms with E-state index in [1.807, 2.05) is 37.3 Å². The Labute approximate surface area is 155 Å². The summed E-state index contributed by atoms with van der Waals surface area (Å²) in [7, 11) is 3.23. The molecule has 5 nitrogen and oxygen atoms in total. The van der Waals surface area contributed by atoms with Crippen LogP contribution in [0.4, 0.5) is 0 Å². The molecule has 1 N–H and O–H groups in total. The monoisotopic (exact) mass is 357 g/mol. The van der Waals surface area contributed by atoms with Crippen LogP contribution in [0.1, 0.15) is 42.6 Å². The van der Waals surface area contributed by atoms with Gasteiger partial charge in [0.05, 0.1) is 14.2 Å². The number of benzene rings is 2. The summed E-state index contributed by atoms with van der Waals surface area (Å²) in [6.45, 7) is 4.42. The molecule has 0 aliphatic heterocycles. The van der Waals surface area contributed by atoms with Crippen molar-refractivity contribution in [2.45, 2.75) is 39.3 Å². The minimum atomic E-state index is -0.0840. The van der Waals surface area contributed by atoms with Gasteiger partial charge in [0, 0.05) is 17.2 Å². The van der Waals surface area contributed by atoms with Gasteiger partial charge < -0.3 is 19.5 Å². The Morgan fingerprint density at radius 3 is 2.35 bits per heavy atom. The predicted octanol–water partition coefficient (Wildman–Crippen LogP) is 4.20. The molecule has 0 bridgehead atoms. The molecule has 2 aromatic carbocycles. The first-order valence-corrected chi connectivity index (χ1v) is 8.82. The van der Waals surface area contributed by atoms with E-state index in [-0.39, 0.29) is 11.9 Å². The zero-order valence-corrected chi connectivity index (χ0v) is 15.9. The third kappa shape index (κ3) is 5.41. The van der Waals surface area contributed by atoms with E-state index >= 15 is 0 Å². The van der Waals surface area contributed by atoms with Crippen molar-refractivity contribution in [2.24, 2.45) is 0 Å². The van der Waals surface area contributed by atoms with Crippen LogP contribution in [0, 0.1) is 0 Å². The third-order valence-electron chi connectivity index (χ3n) is 4.10. The van der Waals surface area contributed by atoms with Crippen LogP contribution >= 0.6 is 0 Å². The zero-order chi connectivity index (χ0) is 18.9. The minimum Gasteiger partial charge on any atom is -0.497 e. The van der Waals surface area contributed by atoms with E-state index in [2.05, 4.69) is 12.2 Å². The van der Waals surface area contributed by atoms with Gasteiger partial charge in [-0.2, -0.15) is 0 Å². The van der Waals surface area contributed by atoms with Crippen LogP contribution in [-0.2, 0) is 6.61 Å². The number of amides is 1. The molecule has 2 aromatic rings. The Morgan fingerprint density at radius 1 is 1.04 bits per heavy atom. The summed E-state index contributed by atoms with van der Waals surface area (Å²) in [6, 6.07) is 12.9. The van der Waals surface area contributed by atoms with E-state index in [9.17, 15) is 4.79 Å². The van der Waals surface area contributed by atoms with E-state index in [4.69, 9.17) is 14.2 Å². The van der Waals surface area contributed by atoms with Crippen LogP contribution in [0.3, 0.4) is 0 Å². The molecule has 26 heavy (non-hydrogen) atoms. The highest BCUT2D eigenvalue weighted by Gasteiger charge is 2.13. The summed E-state index contributed by atoms with van der Waals surface area (Å²) in [5.74, 6) is 2.10. The van der Waals surface area contributed by atoms with E-state index in [1.54, 1.807) is 26.4 Å². The maximum absolute atomic E-state index is 12.4. The SMILES string of the molecule is CCC[C@H](C)NC(=O)c1ccc(OC)c(COc2ccc(OC)cc2)c1. The number of hydrogen-bond acceptors (Lipinski definition) is 4. The first kappa shape index (κ1) is 19.6.